The van der Waals surface area contributed by atoms with Crippen LogP contribution in [0.25, 0.3) is 0 Å². The van der Waals surface area contributed by atoms with Crippen LogP contribution < -0.4 is 5.32 Å². The van der Waals surface area contributed by atoms with Crippen molar-refractivity contribution in [1.29, 1.82) is 0 Å². The van der Waals surface area contributed by atoms with E-state index in [0.29, 0.717) is 6.04 Å². The summed E-state index contributed by atoms with van der Waals surface area (Å²) in [6.07, 6.45) is 0. The molecule has 18 heavy (non-hydrogen) atoms. The second-order valence-corrected chi connectivity index (χ2v) is 6.14. The fourth-order valence-electron chi connectivity index (χ4n) is 2.16. The third-order valence-corrected chi connectivity index (χ3v) is 4.23. The van der Waals surface area contributed by atoms with Gasteiger partial charge in [-0.25, -0.2) is 0 Å². The van der Waals surface area contributed by atoms with E-state index in [1.165, 1.54) is 22.3 Å². The van der Waals surface area contributed by atoms with Crippen molar-refractivity contribution in [2.75, 3.05) is 6.54 Å². The number of aryl methyl sites for hydroxylation is 3. The molecule has 1 nitrogen and oxygen atoms in total. The highest BCUT2D eigenvalue weighted by Crippen LogP contribution is 2.22. The van der Waals surface area contributed by atoms with Crippen LogP contribution in [0.2, 0.25) is 0 Å². The Hall–Kier alpha value is -0.820. The molecule has 0 amide bonds. The largest absolute Gasteiger partial charge is 0.310 e. The molecule has 0 radical (unpaired) electrons. The average molecular weight is 247 g/mol. The average Bonchev–Trinajstić information content (AvgIpc) is 2.30. The molecule has 0 spiro atoms. The third-order valence-electron chi connectivity index (χ3n) is 4.23. The Labute approximate surface area is 113 Å². The van der Waals surface area contributed by atoms with E-state index in [2.05, 4.69) is 65.9 Å². The van der Waals surface area contributed by atoms with Crippen molar-refractivity contribution >= 4 is 0 Å². The number of benzene rings is 1. The molecule has 0 aromatic heterocycles. The first-order chi connectivity index (χ1) is 8.32. The molecule has 1 aromatic rings. The fraction of sp³-hybridized carbons (Fsp3) is 0.647. The van der Waals surface area contributed by atoms with Crippen molar-refractivity contribution < 1.29 is 0 Å². The zero-order valence-electron chi connectivity index (χ0n) is 13.1. The van der Waals surface area contributed by atoms with E-state index in [1.54, 1.807) is 0 Å². The molecular weight excluding hydrogens is 218 g/mol. The van der Waals surface area contributed by atoms with E-state index in [4.69, 9.17) is 0 Å². The van der Waals surface area contributed by atoms with Crippen LogP contribution in [0, 0.1) is 32.6 Å². The number of hydrogen-bond donors (Lipinski definition) is 1. The third kappa shape index (κ3) is 3.84. The predicted molar refractivity (Wildman–Crippen MR) is 81.1 cm³/mol. The molecular formula is C17H29N. The van der Waals surface area contributed by atoms with Gasteiger partial charge in [-0.1, -0.05) is 32.9 Å². The standard InChI is InChI=1S/C17H29N/c1-11(2)15(6)10-18-16(7)17-9-13(4)12(3)8-14(17)5/h8-9,11,15-16,18H,10H2,1-7H3. The first-order valence-electron chi connectivity index (χ1n) is 7.14. The van der Waals surface area contributed by atoms with E-state index in [-0.39, 0.29) is 0 Å². The summed E-state index contributed by atoms with van der Waals surface area (Å²) in [4.78, 5) is 0. The summed E-state index contributed by atoms with van der Waals surface area (Å²) in [5.41, 5.74) is 5.62. The minimum absolute atomic E-state index is 0.436. The van der Waals surface area contributed by atoms with Gasteiger partial charge in [0.25, 0.3) is 0 Å². The molecule has 1 rings (SSSR count). The van der Waals surface area contributed by atoms with Crippen LogP contribution in [0.1, 0.15) is 56.0 Å². The molecule has 0 bridgehead atoms. The highest BCUT2D eigenvalue weighted by molar-refractivity contribution is 5.37. The van der Waals surface area contributed by atoms with Crippen LogP contribution in [0.3, 0.4) is 0 Å². The maximum atomic E-state index is 3.67. The maximum absolute atomic E-state index is 3.67. The zero-order chi connectivity index (χ0) is 13.9. The second-order valence-electron chi connectivity index (χ2n) is 6.14. The zero-order valence-corrected chi connectivity index (χ0v) is 13.1. The van der Waals surface area contributed by atoms with Crippen LogP contribution in [-0.2, 0) is 0 Å². The van der Waals surface area contributed by atoms with E-state index < -0.39 is 0 Å². The highest BCUT2D eigenvalue weighted by Gasteiger charge is 2.12. The van der Waals surface area contributed by atoms with Crippen LogP contribution in [-0.4, -0.2) is 6.54 Å². The Morgan fingerprint density at radius 3 is 2.00 bits per heavy atom. The molecule has 1 heteroatoms. The molecule has 0 aliphatic heterocycles. The van der Waals surface area contributed by atoms with Gasteiger partial charge in [-0.05, 0) is 68.3 Å². The maximum Gasteiger partial charge on any atom is 0.0294 e. The molecule has 2 atom stereocenters. The quantitative estimate of drug-likeness (QED) is 0.804. The molecule has 0 heterocycles. The van der Waals surface area contributed by atoms with E-state index in [1.807, 2.05) is 0 Å². The highest BCUT2D eigenvalue weighted by atomic mass is 14.9. The topological polar surface area (TPSA) is 12.0 Å². The summed E-state index contributed by atoms with van der Waals surface area (Å²) in [6, 6.07) is 5.07. The van der Waals surface area contributed by atoms with Gasteiger partial charge in [0.15, 0.2) is 0 Å². The van der Waals surface area contributed by atoms with Gasteiger partial charge in [0.1, 0.15) is 0 Å². The molecule has 0 fully saturated rings. The second kappa shape index (κ2) is 6.38. The Bertz CT molecular complexity index is 393. The van der Waals surface area contributed by atoms with Gasteiger partial charge < -0.3 is 5.32 Å². The Morgan fingerprint density at radius 1 is 0.889 bits per heavy atom. The van der Waals surface area contributed by atoms with Crippen molar-refractivity contribution in [3.05, 3.63) is 34.4 Å². The fourth-order valence-corrected chi connectivity index (χ4v) is 2.16. The van der Waals surface area contributed by atoms with Gasteiger partial charge in [-0.3, -0.25) is 0 Å². The van der Waals surface area contributed by atoms with Crippen LogP contribution in [0.5, 0.6) is 0 Å². The lowest BCUT2D eigenvalue weighted by Crippen LogP contribution is -2.27. The molecule has 1 aromatic carbocycles. The Morgan fingerprint density at radius 2 is 1.44 bits per heavy atom. The van der Waals surface area contributed by atoms with Gasteiger partial charge in [0.05, 0.1) is 0 Å². The molecule has 0 aliphatic rings. The predicted octanol–water partition coefficient (Wildman–Crippen LogP) is 4.55. The Kier molecular flexibility index (Phi) is 5.40. The number of hydrogen-bond acceptors (Lipinski definition) is 1. The van der Waals surface area contributed by atoms with Gasteiger partial charge in [0.2, 0.25) is 0 Å². The van der Waals surface area contributed by atoms with Crippen molar-refractivity contribution in [3.8, 4) is 0 Å². The summed E-state index contributed by atoms with van der Waals surface area (Å²) in [7, 11) is 0. The van der Waals surface area contributed by atoms with E-state index >= 15 is 0 Å². The summed E-state index contributed by atoms with van der Waals surface area (Å²) in [5.74, 6) is 1.46. The van der Waals surface area contributed by atoms with Crippen molar-refractivity contribution in [1.82, 2.24) is 5.32 Å². The van der Waals surface area contributed by atoms with Gasteiger partial charge in [-0.2, -0.15) is 0 Å². The Balaban J connectivity index is 2.72. The molecule has 0 saturated carbocycles. The van der Waals surface area contributed by atoms with Gasteiger partial charge in [-0.15, -0.1) is 0 Å². The lowest BCUT2D eigenvalue weighted by Gasteiger charge is -2.22. The molecule has 0 aliphatic carbocycles. The number of rotatable bonds is 5. The van der Waals surface area contributed by atoms with Gasteiger partial charge in [0, 0.05) is 6.04 Å². The summed E-state index contributed by atoms with van der Waals surface area (Å²) in [5, 5.41) is 3.67. The van der Waals surface area contributed by atoms with Crippen LogP contribution >= 0.6 is 0 Å². The monoisotopic (exact) mass is 247 g/mol. The lowest BCUT2D eigenvalue weighted by molar-refractivity contribution is 0.375. The molecule has 1 N–H and O–H groups in total. The van der Waals surface area contributed by atoms with Crippen LogP contribution in [0.4, 0.5) is 0 Å². The summed E-state index contributed by atoms with van der Waals surface area (Å²) >= 11 is 0. The van der Waals surface area contributed by atoms with Crippen molar-refractivity contribution in [2.45, 2.75) is 54.5 Å². The molecule has 2 unspecified atom stereocenters. The SMILES string of the molecule is Cc1cc(C)c(C(C)NCC(C)C(C)C)cc1C. The van der Waals surface area contributed by atoms with Crippen LogP contribution in [0.15, 0.2) is 12.1 Å². The summed E-state index contributed by atoms with van der Waals surface area (Å²) < 4.78 is 0. The lowest BCUT2D eigenvalue weighted by atomic mass is 9.95. The van der Waals surface area contributed by atoms with E-state index in [9.17, 15) is 0 Å². The number of nitrogens with one attached hydrogen (secondary N) is 1. The summed E-state index contributed by atoms with van der Waals surface area (Å²) in [6.45, 7) is 16.8. The van der Waals surface area contributed by atoms with Crippen molar-refractivity contribution in [3.63, 3.8) is 0 Å². The normalized spacial score (nSPS) is 14.9. The minimum Gasteiger partial charge on any atom is -0.310 e. The molecule has 0 saturated heterocycles. The van der Waals surface area contributed by atoms with Crippen molar-refractivity contribution in [2.24, 2.45) is 11.8 Å². The first-order valence-corrected chi connectivity index (χ1v) is 7.14. The van der Waals surface area contributed by atoms with E-state index in [0.717, 1.165) is 18.4 Å². The smallest absolute Gasteiger partial charge is 0.0294 e. The van der Waals surface area contributed by atoms with Gasteiger partial charge >= 0.3 is 0 Å². The first kappa shape index (κ1) is 15.2. The molecule has 102 valence electrons. The minimum atomic E-state index is 0.436.